The van der Waals surface area contributed by atoms with Crippen LogP contribution in [0.25, 0.3) is 11.4 Å². The molecule has 1 aromatic carbocycles. The molecule has 10 nitrogen and oxygen atoms in total. The summed E-state index contributed by atoms with van der Waals surface area (Å²) in [6.45, 7) is 0.138. The Labute approximate surface area is 184 Å². The average molecular weight is 450 g/mol. The van der Waals surface area contributed by atoms with Gasteiger partial charge in [0.1, 0.15) is 12.0 Å². The first-order valence-electron chi connectivity index (χ1n) is 9.49. The highest BCUT2D eigenvalue weighted by Gasteiger charge is 2.56. The van der Waals surface area contributed by atoms with Gasteiger partial charge in [-0.05, 0) is 35.9 Å². The number of hydrogen-bond acceptors (Lipinski definition) is 9. The molecule has 5 rings (SSSR count). The number of carboxylic acids is 1. The van der Waals surface area contributed by atoms with Crippen LogP contribution in [-0.2, 0) is 21.6 Å². The second-order valence-corrected chi connectivity index (χ2v) is 7.68. The first-order chi connectivity index (χ1) is 15.5. The van der Waals surface area contributed by atoms with Gasteiger partial charge >= 0.3 is 12.1 Å². The van der Waals surface area contributed by atoms with E-state index in [1.165, 1.54) is 0 Å². The van der Waals surface area contributed by atoms with Crippen molar-refractivity contribution in [2.45, 2.75) is 24.9 Å². The molecule has 0 aliphatic heterocycles. The van der Waals surface area contributed by atoms with E-state index in [2.05, 4.69) is 31.5 Å². The van der Waals surface area contributed by atoms with Gasteiger partial charge in [0.15, 0.2) is 5.69 Å². The highest BCUT2D eigenvalue weighted by atomic mass is 32.1. The fourth-order valence-corrected chi connectivity index (χ4v) is 3.52. The number of carboxylic acid groups (broad SMARTS) is 1. The molecule has 1 aliphatic carbocycles. The highest BCUT2D eigenvalue weighted by Crippen LogP contribution is 2.48. The largest absolute Gasteiger partial charge is 0.480 e. The lowest BCUT2D eigenvalue weighted by atomic mass is 10.1. The summed E-state index contributed by atoms with van der Waals surface area (Å²) in [6, 6.07) is 9.31. The molecule has 1 amide bonds. The lowest BCUT2D eigenvalue weighted by Gasteiger charge is -2.05. The third-order valence-electron chi connectivity index (χ3n) is 4.85. The summed E-state index contributed by atoms with van der Waals surface area (Å²) in [7, 11) is 0. The predicted octanol–water partition coefficient (Wildman–Crippen LogP) is 3.54. The summed E-state index contributed by atoms with van der Waals surface area (Å²) in [6.07, 6.45) is 0.298. The van der Waals surface area contributed by atoms with E-state index in [1.807, 2.05) is 30.3 Å². The van der Waals surface area contributed by atoms with Gasteiger partial charge in [-0.1, -0.05) is 30.3 Å². The Kier molecular flexibility index (Phi) is 4.84. The zero-order chi connectivity index (χ0) is 22.1. The van der Waals surface area contributed by atoms with Crippen molar-refractivity contribution in [2.24, 2.45) is 0 Å². The van der Waals surface area contributed by atoms with E-state index in [0.29, 0.717) is 24.2 Å². The fourth-order valence-electron chi connectivity index (χ4n) is 2.94. The molecule has 3 aromatic heterocycles. The Bertz CT molecular complexity index is 1340. The SMILES string of the molecule is O=C(Nc1csnc1C#Cc1nc2oc(C3(C(=O)O)CC3)nc2o1)OCc1ccccc1. The summed E-state index contributed by atoms with van der Waals surface area (Å²) in [4.78, 5) is 31.6. The number of nitrogens with zero attached hydrogens (tertiary/aromatic N) is 3. The summed E-state index contributed by atoms with van der Waals surface area (Å²) in [5.74, 6) is 4.61. The standard InChI is InChI=1S/C21H14N4O6S/c26-19(27)21(8-9-21)18-24-17-16(31-18)23-15(30-17)7-6-13-14(11-32-25-13)22-20(28)29-10-12-4-2-1-3-5-12/h1-5,11H,8-10H2,(H,22,28)(H,26,27). The topological polar surface area (TPSA) is 141 Å². The van der Waals surface area contributed by atoms with Gasteiger partial charge < -0.3 is 18.7 Å². The molecule has 0 spiro atoms. The van der Waals surface area contributed by atoms with Crippen LogP contribution in [0.3, 0.4) is 0 Å². The monoisotopic (exact) mass is 450 g/mol. The first kappa shape index (κ1) is 19.8. The molecule has 160 valence electrons. The fraction of sp³-hybridized carbons (Fsp3) is 0.190. The van der Waals surface area contributed by atoms with Crippen molar-refractivity contribution in [1.82, 2.24) is 14.3 Å². The number of oxazole rings is 2. The van der Waals surface area contributed by atoms with E-state index < -0.39 is 17.5 Å². The minimum atomic E-state index is -1.08. The molecule has 11 heteroatoms. The van der Waals surface area contributed by atoms with Crippen molar-refractivity contribution in [3.05, 3.63) is 58.8 Å². The number of ether oxygens (including phenoxy) is 1. The van der Waals surface area contributed by atoms with Crippen LogP contribution < -0.4 is 5.32 Å². The van der Waals surface area contributed by atoms with E-state index in [1.54, 1.807) is 5.38 Å². The first-order valence-corrected chi connectivity index (χ1v) is 10.3. The third kappa shape index (κ3) is 3.79. The van der Waals surface area contributed by atoms with Crippen LogP contribution in [0, 0.1) is 11.8 Å². The van der Waals surface area contributed by atoms with Crippen LogP contribution in [0.4, 0.5) is 10.5 Å². The van der Waals surface area contributed by atoms with Gasteiger partial charge in [-0.2, -0.15) is 14.3 Å². The third-order valence-corrected chi connectivity index (χ3v) is 5.48. The number of nitrogens with one attached hydrogen (secondary N) is 1. The number of anilines is 1. The van der Waals surface area contributed by atoms with Gasteiger partial charge in [0.25, 0.3) is 17.3 Å². The van der Waals surface area contributed by atoms with Crippen LogP contribution in [0.2, 0.25) is 0 Å². The van der Waals surface area contributed by atoms with Gasteiger partial charge in [-0.3, -0.25) is 10.1 Å². The second kappa shape index (κ2) is 7.82. The van der Waals surface area contributed by atoms with Gasteiger partial charge in [-0.25, -0.2) is 4.79 Å². The van der Waals surface area contributed by atoms with Crippen molar-refractivity contribution in [2.75, 3.05) is 5.32 Å². The highest BCUT2D eigenvalue weighted by molar-refractivity contribution is 7.04. The van der Waals surface area contributed by atoms with E-state index in [9.17, 15) is 14.7 Å². The van der Waals surface area contributed by atoms with Crippen LogP contribution in [-0.4, -0.2) is 31.5 Å². The van der Waals surface area contributed by atoms with E-state index in [-0.39, 0.29) is 29.8 Å². The molecule has 32 heavy (non-hydrogen) atoms. The number of amides is 1. The van der Waals surface area contributed by atoms with Crippen LogP contribution in [0.1, 0.15) is 35.9 Å². The molecule has 2 N–H and O–H groups in total. The normalized spacial score (nSPS) is 13.9. The zero-order valence-electron chi connectivity index (χ0n) is 16.3. The molecule has 1 aliphatic rings. The van der Waals surface area contributed by atoms with Crippen LogP contribution >= 0.6 is 11.5 Å². The van der Waals surface area contributed by atoms with Crippen molar-refractivity contribution in [3.8, 4) is 11.8 Å². The quantitative estimate of drug-likeness (QED) is 0.437. The number of aromatic nitrogens is 3. The molecular formula is C21H14N4O6S. The molecule has 0 radical (unpaired) electrons. The molecule has 0 unspecified atom stereocenters. The Hall–Kier alpha value is -4.17. The number of rotatable bonds is 5. The summed E-state index contributed by atoms with van der Waals surface area (Å²) >= 11 is 1.12. The summed E-state index contributed by atoms with van der Waals surface area (Å²) in [5, 5.41) is 13.6. The number of fused-ring (bicyclic) bond motifs is 1. The Balaban J connectivity index is 1.26. The molecular weight excluding hydrogens is 436 g/mol. The van der Waals surface area contributed by atoms with Crippen molar-refractivity contribution in [3.63, 3.8) is 0 Å². The lowest BCUT2D eigenvalue weighted by Crippen LogP contribution is -2.19. The minimum Gasteiger partial charge on any atom is -0.480 e. The van der Waals surface area contributed by atoms with E-state index >= 15 is 0 Å². The maximum Gasteiger partial charge on any atom is 0.412 e. The number of carbonyl (C=O) groups is 2. The molecule has 0 bridgehead atoms. The van der Waals surface area contributed by atoms with E-state index in [4.69, 9.17) is 13.6 Å². The van der Waals surface area contributed by atoms with Gasteiger partial charge in [0.05, 0.1) is 5.69 Å². The average Bonchev–Trinajstić information content (AvgIpc) is 3.11. The minimum absolute atomic E-state index is 0.0311. The molecule has 1 saturated carbocycles. The van der Waals surface area contributed by atoms with Gasteiger partial charge in [-0.15, -0.1) is 0 Å². The predicted molar refractivity (Wildman–Crippen MR) is 111 cm³/mol. The second-order valence-electron chi connectivity index (χ2n) is 7.05. The van der Waals surface area contributed by atoms with E-state index in [0.717, 1.165) is 17.1 Å². The Morgan fingerprint density at radius 3 is 2.66 bits per heavy atom. The zero-order valence-corrected chi connectivity index (χ0v) is 17.1. The lowest BCUT2D eigenvalue weighted by molar-refractivity contribution is -0.140. The Morgan fingerprint density at radius 2 is 1.94 bits per heavy atom. The molecule has 0 atom stereocenters. The van der Waals surface area contributed by atoms with Crippen molar-refractivity contribution < 1.29 is 28.3 Å². The smallest absolute Gasteiger partial charge is 0.412 e. The molecule has 4 aromatic rings. The van der Waals surface area contributed by atoms with Gasteiger partial charge in [0.2, 0.25) is 5.89 Å². The number of benzene rings is 1. The maximum atomic E-state index is 12.1. The van der Waals surface area contributed by atoms with Gasteiger partial charge in [0, 0.05) is 11.3 Å². The number of hydrogen-bond donors (Lipinski definition) is 2. The van der Waals surface area contributed by atoms with Crippen LogP contribution in [0.5, 0.6) is 0 Å². The summed E-state index contributed by atoms with van der Waals surface area (Å²) in [5.41, 5.74) is 0.667. The molecule has 1 fully saturated rings. The summed E-state index contributed by atoms with van der Waals surface area (Å²) < 4.78 is 20.2. The molecule has 3 heterocycles. The number of carbonyl (C=O) groups excluding carboxylic acids is 1. The number of aliphatic carboxylic acids is 1. The maximum absolute atomic E-state index is 12.1. The van der Waals surface area contributed by atoms with Crippen LogP contribution in [0.15, 0.2) is 44.5 Å². The molecule has 0 saturated heterocycles. The van der Waals surface area contributed by atoms with Crippen molar-refractivity contribution >= 4 is 40.7 Å². The Morgan fingerprint density at radius 1 is 1.16 bits per heavy atom. The van der Waals surface area contributed by atoms with Crippen molar-refractivity contribution in [1.29, 1.82) is 0 Å².